The molecule has 0 unspecified atom stereocenters. The highest BCUT2D eigenvalue weighted by molar-refractivity contribution is 9.11. The maximum atomic E-state index is 8.89. The van der Waals surface area contributed by atoms with E-state index < -0.39 is 0 Å². The number of rotatable bonds is 1. The summed E-state index contributed by atoms with van der Waals surface area (Å²) in [6.45, 7) is 0. The van der Waals surface area contributed by atoms with E-state index >= 15 is 0 Å². The van der Waals surface area contributed by atoms with E-state index in [2.05, 4.69) is 37.9 Å². The first-order valence-electron chi connectivity index (χ1n) is 4.67. The molecule has 2 rings (SSSR count). The molecule has 0 saturated carbocycles. The van der Waals surface area contributed by atoms with Gasteiger partial charge in [0.25, 0.3) is 0 Å². The van der Waals surface area contributed by atoms with E-state index in [0.29, 0.717) is 5.56 Å². The summed E-state index contributed by atoms with van der Waals surface area (Å²) in [4.78, 5) is 0. The molecular formula is C13H7Br2N. The smallest absolute Gasteiger partial charge is 0.0991 e. The van der Waals surface area contributed by atoms with Crippen molar-refractivity contribution < 1.29 is 0 Å². The molecule has 16 heavy (non-hydrogen) atoms. The van der Waals surface area contributed by atoms with Crippen molar-refractivity contribution in [1.29, 1.82) is 5.26 Å². The quantitative estimate of drug-likeness (QED) is 0.737. The highest BCUT2D eigenvalue weighted by Gasteiger charge is 2.07. The molecule has 0 aliphatic carbocycles. The third kappa shape index (κ3) is 2.18. The Morgan fingerprint density at radius 2 is 1.56 bits per heavy atom. The molecule has 2 aromatic carbocycles. The average molecular weight is 337 g/mol. The minimum absolute atomic E-state index is 0.661. The van der Waals surface area contributed by atoms with Crippen LogP contribution in [0.15, 0.2) is 51.4 Å². The lowest BCUT2D eigenvalue weighted by Gasteiger charge is -2.07. The average Bonchev–Trinajstić information content (AvgIpc) is 2.31. The van der Waals surface area contributed by atoms with Gasteiger partial charge in [-0.15, -0.1) is 0 Å². The topological polar surface area (TPSA) is 23.8 Å². The van der Waals surface area contributed by atoms with E-state index in [1.54, 1.807) is 6.07 Å². The van der Waals surface area contributed by atoms with Crippen molar-refractivity contribution in [3.05, 3.63) is 57.0 Å². The van der Waals surface area contributed by atoms with E-state index in [9.17, 15) is 0 Å². The summed E-state index contributed by atoms with van der Waals surface area (Å²) in [5.74, 6) is 0. The number of hydrogen-bond acceptors (Lipinski definition) is 1. The van der Waals surface area contributed by atoms with Gasteiger partial charge in [-0.25, -0.2) is 0 Å². The summed E-state index contributed by atoms with van der Waals surface area (Å²) < 4.78 is 2.00. The van der Waals surface area contributed by atoms with Gasteiger partial charge in [0.1, 0.15) is 0 Å². The Hall–Kier alpha value is -1.11. The van der Waals surface area contributed by atoms with Crippen LogP contribution in [-0.4, -0.2) is 0 Å². The number of hydrogen-bond donors (Lipinski definition) is 0. The first-order chi connectivity index (χ1) is 7.72. The van der Waals surface area contributed by atoms with Crippen LogP contribution >= 0.6 is 31.9 Å². The number of nitriles is 1. The van der Waals surface area contributed by atoms with E-state index in [1.807, 2.05) is 36.4 Å². The van der Waals surface area contributed by atoms with Crippen LogP contribution in [-0.2, 0) is 0 Å². The normalized spacial score (nSPS) is 9.81. The molecule has 0 aromatic heterocycles. The SMILES string of the molecule is N#Cc1ccc(Br)c(-c2ccccc2Br)c1. The summed E-state index contributed by atoms with van der Waals surface area (Å²) in [6.07, 6.45) is 0. The molecule has 0 aliphatic heterocycles. The van der Waals surface area contributed by atoms with Crippen LogP contribution in [0.25, 0.3) is 11.1 Å². The van der Waals surface area contributed by atoms with Crippen LogP contribution in [0.1, 0.15) is 5.56 Å². The Kier molecular flexibility index (Phi) is 3.42. The van der Waals surface area contributed by atoms with Gasteiger partial charge in [-0.3, -0.25) is 0 Å². The third-order valence-corrected chi connectivity index (χ3v) is 3.64. The Labute approximate surface area is 111 Å². The van der Waals surface area contributed by atoms with E-state index in [0.717, 1.165) is 20.1 Å². The molecule has 0 radical (unpaired) electrons. The Morgan fingerprint density at radius 1 is 0.875 bits per heavy atom. The van der Waals surface area contributed by atoms with Gasteiger partial charge in [0, 0.05) is 8.95 Å². The molecule has 78 valence electrons. The molecule has 0 bridgehead atoms. The lowest BCUT2D eigenvalue weighted by molar-refractivity contribution is 1.47. The maximum Gasteiger partial charge on any atom is 0.0991 e. The van der Waals surface area contributed by atoms with Gasteiger partial charge in [-0.1, -0.05) is 50.1 Å². The van der Waals surface area contributed by atoms with Crippen molar-refractivity contribution in [3.63, 3.8) is 0 Å². The molecule has 0 N–H and O–H groups in total. The summed E-state index contributed by atoms with van der Waals surface area (Å²) in [6, 6.07) is 15.7. The number of benzene rings is 2. The Balaban J connectivity index is 2.65. The lowest BCUT2D eigenvalue weighted by Crippen LogP contribution is -1.83. The minimum atomic E-state index is 0.661. The van der Waals surface area contributed by atoms with Crippen molar-refractivity contribution in [1.82, 2.24) is 0 Å². The van der Waals surface area contributed by atoms with Crippen molar-refractivity contribution in [2.75, 3.05) is 0 Å². The Bertz CT molecular complexity index is 570. The molecule has 0 saturated heterocycles. The van der Waals surface area contributed by atoms with E-state index in [1.165, 1.54) is 0 Å². The summed E-state index contributed by atoms with van der Waals surface area (Å²) in [5.41, 5.74) is 2.76. The van der Waals surface area contributed by atoms with E-state index in [-0.39, 0.29) is 0 Å². The molecular weight excluding hydrogens is 330 g/mol. The largest absolute Gasteiger partial charge is 0.192 e. The van der Waals surface area contributed by atoms with Crippen LogP contribution in [0, 0.1) is 11.3 Å². The highest BCUT2D eigenvalue weighted by atomic mass is 79.9. The fourth-order valence-corrected chi connectivity index (χ4v) is 2.44. The van der Waals surface area contributed by atoms with Crippen LogP contribution < -0.4 is 0 Å². The van der Waals surface area contributed by atoms with Crippen LogP contribution in [0.3, 0.4) is 0 Å². The first-order valence-corrected chi connectivity index (χ1v) is 6.25. The lowest BCUT2D eigenvalue weighted by atomic mass is 10.0. The molecule has 1 nitrogen and oxygen atoms in total. The predicted octanol–water partition coefficient (Wildman–Crippen LogP) is 4.75. The van der Waals surface area contributed by atoms with Gasteiger partial charge in [0.05, 0.1) is 11.6 Å². The maximum absolute atomic E-state index is 8.89. The molecule has 0 heterocycles. The van der Waals surface area contributed by atoms with Gasteiger partial charge >= 0.3 is 0 Å². The predicted molar refractivity (Wildman–Crippen MR) is 72.0 cm³/mol. The fraction of sp³-hybridized carbons (Fsp3) is 0. The summed E-state index contributed by atoms with van der Waals surface area (Å²) in [7, 11) is 0. The first kappa shape index (κ1) is 11.4. The van der Waals surface area contributed by atoms with Crippen LogP contribution in [0.5, 0.6) is 0 Å². The zero-order valence-corrected chi connectivity index (χ0v) is 11.4. The van der Waals surface area contributed by atoms with Gasteiger partial charge in [-0.05, 0) is 35.4 Å². The van der Waals surface area contributed by atoms with E-state index in [4.69, 9.17) is 5.26 Å². The van der Waals surface area contributed by atoms with Crippen molar-refractivity contribution >= 4 is 31.9 Å². The van der Waals surface area contributed by atoms with Gasteiger partial charge in [0.15, 0.2) is 0 Å². The monoisotopic (exact) mass is 335 g/mol. The van der Waals surface area contributed by atoms with Crippen LogP contribution in [0.4, 0.5) is 0 Å². The number of nitrogens with zero attached hydrogens (tertiary/aromatic N) is 1. The second-order valence-corrected chi connectivity index (χ2v) is 4.99. The number of halogens is 2. The van der Waals surface area contributed by atoms with Crippen molar-refractivity contribution in [2.24, 2.45) is 0 Å². The molecule has 0 atom stereocenters. The van der Waals surface area contributed by atoms with Gasteiger partial charge in [0.2, 0.25) is 0 Å². The molecule has 2 aromatic rings. The van der Waals surface area contributed by atoms with Crippen LogP contribution in [0.2, 0.25) is 0 Å². The van der Waals surface area contributed by atoms with Crippen molar-refractivity contribution in [2.45, 2.75) is 0 Å². The van der Waals surface area contributed by atoms with Crippen molar-refractivity contribution in [3.8, 4) is 17.2 Å². The third-order valence-electron chi connectivity index (χ3n) is 2.26. The zero-order valence-electron chi connectivity index (χ0n) is 8.24. The second-order valence-electron chi connectivity index (χ2n) is 3.29. The molecule has 0 aliphatic rings. The molecule has 0 amide bonds. The molecule has 0 fully saturated rings. The fourth-order valence-electron chi connectivity index (χ4n) is 1.48. The highest BCUT2D eigenvalue weighted by Crippen LogP contribution is 2.33. The second kappa shape index (κ2) is 4.82. The molecule has 3 heteroatoms. The summed E-state index contributed by atoms with van der Waals surface area (Å²) >= 11 is 7.01. The summed E-state index contributed by atoms with van der Waals surface area (Å²) in [5, 5.41) is 8.89. The van der Waals surface area contributed by atoms with Gasteiger partial charge < -0.3 is 0 Å². The minimum Gasteiger partial charge on any atom is -0.192 e. The zero-order chi connectivity index (χ0) is 11.5. The standard InChI is InChI=1S/C13H7Br2N/c14-12-4-2-1-3-10(12)11-7-9(8-16)5-6-13(11)15/h1-7H. The Morgan fingerprint density at radius 3 is 2.25 bits per heavy atom. The molecule has 0 spiro atoms. The van der Waals surface area contributed by atoms with Gasteiger partial charge in [-0.2, -0.15) is 5.26 Å².